The number of hydrogen-bond donors (Lipinski definition) is 1. The van der Waals surface area contributed by atoms with E-state index >= 15 is 0 Å². The van der Waals surface area contributed by atoms with Crippen molar-refractivity contribution < 1.29 is 4.42 Å². The second kappa shape index (κ2) is 6.29. The lowest BCUT2D eigenvalue weighted by Crippen LogP contribution is -1.98. The standard InChI is InChI=1S/C23H16N4O/c1-15-23(27-13-5-4-8-22(27)25-15)18-10-12-21(24)26-19(18)11-9-17-14-16-6-2-3-7-20(16)28-17/h2-8,10,12-14H,1H3,(H2,24,26). The first kappa shape index (κ1) is 16.2. The monoisotopic (exact) mass is 364 g/mol. The number of para-hydroxylation sites is 1. The highest BCUT2D eigenvalue weighted by Gasteiger charge is 2.14. The number of rotatable bonds is 1. The van der Waals surface area contributed by atoms with E-state index in [1.54, 1.807) is 6.07 Å². The topological polar surface area (TPSA) is 69.3 Å². The van der Waals surface area contributed by atoms with Crippen molar-refractivity contribution in [1.29, 1.82) is 0 Å². The van der Waals surface area contributed by atoms with Crippen molar-refractivity contribution in [1.82, 2.24) is 14.4 Å². The number of anilines is 1. The molecule has 0 bridgehead atoms. The van der Waals surface area contributed by atoms with Gasteiger partial charge in [-0.15, -0.1) is 0 Å². The molecule has 5 nitrogen and oxygen atoms in total. The van der Waals surface area contributed by atoms with Crippen molar-refractivity contribution in [3.8, 4) is 23.1 Å². The first-order valence-electron chi connectivity index (χ1n) is 8.90. The van der Waals surface area contributed by atoms with E-state index in [0.29, 0.717) is 17.3 Å². The van der Waals surface area contributed by atoms with Crippen LogP contribution in [0.3, 0.4) is 0 Å². The third-order valence-electron chi connectivity index (χ3n) is 4.61. The van der Waals surface area contributed by atoms with Crippen LogP contribution < -0.4 is 5.73 Å². The quantitative estimate of drug-likeness (QED) is 0.447. The Morgan fingerprint density at radius 3 is 2.71 bits per heavy atom. The average molecular weight is 364 g/mol. The van der Waals surface area contributed by atoms with Crippen molar-refractivity contribution in [2.45, 2.75) is 6.92 Å². The van der Waals surface area contributed by atoms with Crippen molar-refractivity contribution >= 4 is 22.4 Å². The van der Waals surface area contributed by atoms with Gasteiger partial charge in [-0.3, -0.25) is 4.40 Å². The Morgan fingerprint density at radius 2 is 1.82 bits per heavy atom. The summed E-state index contributed by atoms with van der Waals surface area (Å²) in [4.78, 5) is 9.10. The number of imidazole rings is 1. The van der Waals surface area contributed by atoms with Crippen molar-refractivity contribution in [2.75, 3.05) is 5.73 Å². The molecule has 0 amide bonds. The van der Waals surface area contributed by atoms with Gasteiger partial charge in [0.25, 0.3) is 0 Å². The molecular formula is C23H16N4O. The van der Waals surface area contributed by atoms with E-state index in [9.17, 15) is 0 Å². The summed E-state index contributed by atoms with van der Waals surface area (Å²) in [7, 11) is 0. The molecule has 0 spiro atoms. The van der Waals surface area contributed by atoms with Crippen LogP contribution in [0.1, 0.15) is 17.1 Å². The number of nitrogen functional groups attached to an aromatic ring is 1. The van der Waals surface area contributed by atoms with Crippen LogP contribution in [0.15, 0.2) is 71.3 Å². The van der Waals surface area contributed by atoms with Crippen LogP contribution in [-0.4, -0.2) is 14.4 Å². The van der Waals surface area contributed by atoms with Crippen molar-refractivity contribution in [3.63, 3.8) is 0 Å². The molecule has 0 saturated carbocycles. The van der Waals surface area contributed by atoms with E-state index < -0.39 is 0 Å². The SMILES string of the molecule is Cc1nc2ccccn2c1-c1ccc(N)nc1C#Cc1cc2ccccc2o1. The molecule has 0 radical (unpaired) electrons. The maximum absolute atomic E-state index is 5.94. The zero-order chi connectivity index (χ0) is 19.1. The minimum absolute atomic E-state index is 0.420. The van der Waals surface area contributed by atoms with Gasteiger partial charge in [0.1, 0.15) is 22.7 Å². The summed E-state index contributed by atoms with van der Waals surface area (Å²) >= 11 is 0. The Morgan fingerprint density at radius 1 is 0.964 bits per heavy atom. The largest absolute Gasteiger partial charge is 0.448 e. The van der Waals surface area contributed by atoms with Crippen LogP contribution in [0.4, 0.5) is 5.82 Å². The van der Waals surface area contributed by atoms with Gasteiger partial charge in [-0.25, -0.2) is 9.97 Å². The highest BCUT2D eigenvalue weighted by Crippen LogP contribution is 2.27. The average Bonchev–Trinajstić information content (AvgIpc) is 3.26. The Bertz CT molecular complexity index is 1370. The van der Waals surface area contributed by atoms with Crippen LogP contribution in [0.25, 0.3) is 27.9 Å². The van der Waals surface area contributed by atoms with E-state index in [2.05, 4.69) is 21.8 Å². The minimum atomic E-state index is 0.420. The molecule has 5 rings (SSSR count). The van der Waals surface area contributed by atoms with E-state index in [4.69, 9.17) is 10.2 Å². The predicted molar refractivity (Wildman–Crippen MR) is 110 cm³/mol. The van der Waals surface area contributed by atoms with Crippen molar-refractivity contribution in [3.05, 3.63) is 84.0 Å². The van der Waals surface area contributed by atoms with E-state index in [0.717, 1.165) is 33.6 Å². The number of pyridine rings is 2. The lowest BCUT2D eigenvalue weighted by atomic mass is 10.1. The highest BCUT2D eigenvalue weighted by molar-refractivity contribution is 5.79. The molecule has 4 aromatic heterocycles. The van der Waals surface area contributed by atoms with E-state index in [1.165, 1.54) is 0 Å². The molecule has 2 N–H and O–H groups in total. The number of hydrogen-bond acceptors (Lipinski definition) is 4. The van der Waals surface area contributed by atoms with Gasteiger partial charge in [0.05, 0.1) is 11.4 Å². The van der Waals surface area contributed by atoms with Crippen LogP contribution in [0, 0.1) is 18.8 Å². The second-order valence-corrected chi connectivity index (χ2v) is 6.51. The molecular weight excluding hydrogens is 348 g/mol. The minimum Gasteiger partial charge on any atom is -0.448 e. The van der Waals surface area contributed by atoms with Gasteiger partial charge in [0.2, 0.25) is 0 Å². The molecule has 5 aromatic rings. The summed E-state index contributed by atoms with van der Waals surface area (Å²) in [6.07, 6.45) is 1.98. The number of nitrogens with zero attached hydrogens (tertiary/aromatic N) is 3. The zero-order valence-electron chi connectivity index (χ0n) is 15.2. The first-order valence-corrected chi connectivity index (χ1v) is 8.90. The fourth-order valence-electron chi connectivity index (χ4n) is 3.36. The van der Waals surface area contributed by atoms with Crippen LogP contribution in [-0.2, 0) is 0 Å². The maximum atomic E-state index is 5.94. The van der Waals surface area contributed by atoms with Crippen LogP contribution in [0.5, 0.6) is 0 Å². The number of benzene rings is 1. The number of fused-ring (bicyclic) bond motifs is 2. The molecule has 5 heteroatoms. The normalized spacial score (nSPS) is 10.9. The predicted octanol–water partition coefficient (Wildman–Crippen LogP) is 4.43. The third kappa shape index (κ3) is 2.68. The second-order valence-electron chi connectivity index (χ2n) is 6.51. The lowest BCUT2D eigenvalue weighted by molar-refractivity contribution is 0.601. The molecule has 0 atom stereocenters. The third-order valence-corrected chi connectivity index (χ3v) is 4.61. The van der Waals surface area contributed by atoms with Gasteiger partial charge >= 0.3 is 0 Å². The van der Waals surface area contributed by atoms with Gasteiger partial charge in [-0.05, 0) is 49.1 Å². The van der Waals surface area contributed by atoms with E-state index in [1.807, 2.05) is 72.1 Å². The summed E-state index contributed by atoms with van der Waals surface area (Å²) < 4.78 is 7.83. The number of nitrogens with two attached hydrogens (primary N) is 1. The highest BCUT2D eigenvalue weighted by atomic mass is 16.3. The lowest BCUT2D eigenvalue weighted by Gasteiger charge is -2.06. The molecule has 4 heterocycles. The van der Waals surface area contributed by atoms with Gasteiger partial charge in [0.15, 0.2) is 5.76 Å². The van der Waals surface area contributed by atoms with E-state index in [-0.39, 0.29) is 0 Å². The zero-order valence-corrected chi connectivity index (χ0v) is 15.2. The molecule has 0 unspecified atom stereocenters. The molecule has 134 valence electrons. The molecule has 28 heavy (non-hydrogen) atoms. The maximum Gasteiger partial charge on any atom is 0.178 e. The van der Waals surface area contributed by atoms with Gasteiger partial charge in [-0.1, -0.05) is 24.3 Å². The van der Waals surface area contributed by atoms with Crippen LogP contribution >= 0.6 is 0 Å². The smallest absolute Gasteiger partial charge is 0.178 e. The van der Waals surface area contributed by atoms with Gasteiger partial charge in [-0.2, -0.15) is 0 Å². The summed E-state index contributed by atoms with van der Waals surface area (Å²) in [5.74, 6) is 7.23. The molecule has 1 aromatic carbocycles. The Kier molecular flexibility index (Phi) is 3.63. The Labute approximate surface area is 161 Å². The number of furan rings is 1. The molecule has 0 fully saturated rings. The summed E-state index contributed by atoms with van der Waals surface area (Å²) in [5.41, 5.74) is 11.0. The molecule has 0 aliphatic rings. The molecule has 0 aliphatic heterocycles. The summed E-state index contributed by atoms with van der Waals surface area (Å²) in [5, 5.41) is 1.02. The first-order chi connectivity index (χ1) is 13.7. The summed E-state index contributed by atoms with van der Waals surface area (Å²) in [6, 6.07) is 19.4. The summed E-state index contributed by atoms with van der Waals surface area (Å²) in [6.45, 7) is 1.98. The molecule has 0 saturated heterocycles. The fourth-order valence-corrected chi connectivity index (χ4v) is 3.36. The Hall–Kier alpha value is -4.04. The van der Waals surface area contributed by atoms with Crippen molar-refractivity contribution in [2.24, 2.45) is 0 Å². The van der Waals surface area contributed by atoms with Gasteiger partial charge in [0, 0.05) is 23.2 Å². The van der Waals surface area contributed by atoms with Gasteiger partial charge < -0.3 is 10.2 Å². The number of aryl methyl sites for hydroxylation is 1. The molecule has 0 aliphatic carbocycles. The fraction of sp³-hybridized carbons (Fsp3) is 0.0435. The van der Waals surface area contributed by atoms with Crippen LogP contribution in [0.2, 0.25) is 0 Å². The Balaban J connectivity index is 1.67. The number of aromatic nitrogens is 3.